The first-order valence-corrected chi connectivity index (χ1v) is 5.20. The molecule has 0 aromatic rings. The van der Waals surface area contributed by atoms with Crippen molar-refractivity contribution in [3.8, 4) is 0 Å². The molecule has 74 valence electrons. The molecule has 3 aliphatic rings. The average molecular weight is 197 g/mol. The zero-order chi connectivity index (χ0) is 10.3. The smallest absolute Gasteiger partial charge is 0.187 e. The van der Waals surface area contributed by atoms with E-state index in [0.29, 0.717) is 5.92 Å². The van der Waals surface area contributed by atoms with Crippen LogP contribution >= 0.6 is 0 Å². The second kappa shape index (κ2) is 3.16. The van der Waals surface area contributed by atoms with Crippen LogP contribution in [-0.4, -0.2) is 18.0 Å². The molecule has 1 aliphatic heterocycles. The normalized spacial score (nSPS) is 27.6. The van der Waals surface area contributed by atoms with Crippen molar-refractivity contribution >= 4 is 11.5 Å². The summed E-state index contributed by atoms with van der Waals surface area (Å²) in [6.45, 7) is 0.788. The van der Waals surface area contributed by atoms with Crippen LogP contribution in [-0.2, 0) is 4.79 Å². The van der Waals surface area contributed by atoms with Gasteiger partial charge in [-0.2, -0.15) is 0 Å². The number of nitrogens with zero attached hydrogens (tertiary/aromatic N) is 1. The van der Waals surface area contributed by atoms with Gasteiger partial charge in [-0.15, -0.1) is 0 Å². The Morgan fingerprint density at radius 2 is 2.20 bits per heavy atom. The number of hydrogen-bond acceptors (Lipinski definition) is 2. The third kappa shape index (κ3) is 1.25. The van der Waals surface area contributed by atoms with Crippen LogP contribution in [0.5, 0.6) is 0 Å². The monoisotopic (exact) mass is 197 g/mol. The minimum Gasteiger partial charge on any atom is -0.289 e. The van der Waals surface area contributed by atoms with Crippen molar-refractivity contribution in [1.82, 2.24) is 0 Å². The van der Waals surface area contributed by atoms with Gasteiger partial charge in [0.05, 0.1) is 5.71 Å². The first-order valence-electron chi connectivity index (χ1n) is 5.20. The molecule has 1 unspecified atom stereocenters. The van der Waals surface area contributed by atoms with Crippen molar-refractivity contribution in [2.45, 2.75) is 6.42 Å². The number of fused-ring (bicyclic) bond motifs is 2. The number of allylic oxidation sites excluding steroid dienone is 6. The van der Waals surface area contributed by atoms with Crippen molar-refractivity contribution in [3.05, 3.63) is 47.6 Å². The summed E-state index contributed by atoms with van der Waals surface area (Å²) in [6, 6.07) is 0. The Bertz CT molecular complexity index is 475. The molecule has 2 nitrogen and oxygen atoms in total. The summed E-state index contributed by atoms with van der Waals surface area (Å²) >= 11 is 0. The lowest BCUT2D eigenvalue weighted by Gasteiger charge is -2.26. The predicted molar refractivity (Wildman–Crippen MR) is 59.9 cm³/mol. The van der Waals surface area contributed by atoms with Gasteiger partial charge in [-0.25, -0.2) is 0 Å². The van der Waals surface area contributed by atoms with Gasteiger partial charge in [0.15, 0.2) is 5.78 Å². The van der Waals surface area contributed by atoms with Crippen LogP contribution in [0.4, 0.5) is 0 Å². The Hall–Kier alpha value is -1.70. The van der Waals surface area contributed by atoms with Crippen LogP contribution in [0.15, 0.2) is 52.6 Å². The van der Waals surface area contributed by atoms with E-state index in [4.69, 9.17) is 0 Å². The molecule has 0 aromatic carbocycles. The fourth-order valence-corrected chi connectivity index (χ4v) is 2.28. The lowest BCUT2D eigenvalue weighted by atomic mass is 9.82. The lowest BCUT2D eigenvalue weighted by molar-refractivity contribution is -0.111. The van der Waals surface area contributed by atoms with Crippen molar-refractivity contribution in [2.75, 3.05) is 6.54 Å². The van der Waals surface area contributed by atoms with Gasteiger partial charge >= 0.3 is 0 Å². The Morgan fingerprint density at radius 3 is 3.13 bits per heavy atom. The SMILES string of the molecule is O=C1C=CCC2=NCC3C=CC=CC3=C12. The molecular weight excluding hydrogens is 186 g/mol. The summed E-state index contributed by atoms with van der Waals surface area (Å²) in [7, 11) is 0. The van der Waals surface area contributed by atoms with Crippen LogP contribution in [0.3, 0.4) is 0 Å². The summed E-state index contributed by atoms with van der Waals surface area (Å²) in [5.74, 6) is 0.420. The van der Waals surface area contributed by atoms with Gasteiger partial charge in [0, 0.05) is 24.5 Å². The Balaban J connectivity index is 2.18. The molecule has 0 aromatic heterocycles. The second-order valence-corrected chi connectivity index (χ2v) is 3.94. The average Bonchev–Trinajstić information content (AvgIpc) is 2.29. The molecule has 0 fully saturated rings. The predicted octanol–water partition coefficient (Wildman–Crippen LogP) is 2.01. The molecule has 2 heteroatoms. The fraction of sp³-hybridized carbons (Fsp3) is 0.231. The number of carbonyl (C=O) groups is 1. The summed E-state index contributed by atoms with van der Waals surface area (Å²) in [4.78, 5) is 16.3. The van der Waals surface area contributed by atoms with E-state index in [2.05, 4.69) is 11.1 Å². The summed E-state index contributed by atoms with van der Waals surface area (Å²) < 4.78 is 0. The largest absolute Gasteiger partial charge is 0.289 e. The molecule has 0 amide bonds. The number of ketones is 1. The second-order valence-electron chi connectivity index (χ2n) is 3.94. The highest BCUT2D eigenvalue weighted by molar-refractivity contribution is 6.29. The quantitative estimate of drug-likeness (QED) is 0.584. The van der Waals surface area contributed by atoms with Gasteiger partial charge < -0.3 is 0 Å². The third-order valence-electron chi connectivity index (χ3n) is 3.01. The Morgan fingerprint density at radius 1 is 1.27 bits per heavy atom. The van der Waals surface area contributed by atoms with Gasteiger partial charge in [0.1, 0.15) is 0 Å². The molecule has 0 bridgehead atoms. The highest BCUT2D eigenvalue weighted by atomic mass is 16.1. The lowest BCUT2D eigenvalue weighted by Crippen LogP contribution is -2.25. The zero-order valence-electron chi connectivity index (χ0n) is 8.31. The van der Waals surface area contributed by atoms with E-state index in [1.165, 1.54) is 0 Å². The fourth-order valence-electron chi connectivity index (χ4n) is 2.28. The van der Waals surface area contributed by atoms with Crippen LogP contribution in [0, 0.1) is 5.92 Å². The minimum atomic E-state index is 0.111. The van der Waals surface area contributed by atoms with Crippen LogP contribution in [0.25, 0.3) is 0 Å². The molecule has 0 spiro atoms. The molecule has 0 radical (unpaired) electrons. The molecule has 1 atom stereocenters. The maximum atomic E-state index is 11.8. The van der Waals surface area contributed by atoms with E-state index in [1.807, 2.05) is 24.3 Å². The number of carbonyl (C=O) groups excluding carboxylic acids is 1. The summed E-state index contributed by atoms with van der Waals surface area (Å²) in [6.07, 6.45) is 12.5. The van der Waals surface area contributed by atoms with E-state index >= 15 is 0 Å². The summed E-state index contributed by atoms with van der Waals surface area (Å²) in [5, 5.41) is 0. The third-order valence-corrected chi connectivity index (χ3v) is 3.01. The van der Waals surface area contributed by atoms with Crippen molar-refractivity contribution in [2.24, 2.45) is 10.9 Å². The van der Waals surface area contributed by atoms with Gasteiger partial charge in [-0.1, -0.05) is 30.4 Å². The molecular formula is C13H11NO. The van der Waals surface area contributed by atoms with Crippen molar-refractivity contribution in [3.63, 3.8) is 0 Å². The Kier molecular flexibility index (Phi) is 1.81. The van der Waals surface area contributed by atoms with Gasteiger partial charge in [-0.05, 0) is 11.6 Å². The maximum Gasteiger partial charge on any atom is 0.187 e. The van der Waals surface area contributed by atoms with Gasteiger partial charge in [-0.3, -0.25) is 9.79 Å². The molecule has 0 N–H and O–H groups in total. The van der Waals surface area contributed by atoms with Crippen LogP contribution in [0.1, 0.15) is 6.42 Å². The van der Waals surface area contributed by atoms with Crippen molar-refractivity contribution < 1.29 is 4.79 Å². The molecule has 0 saturated carbocycles. The molecule has 0 saturated heterocycles. The first-order chi connectivity index (χ1) is 7.36. The minimum absolute atomic E-state index is 0.111. The molecule has 15 heavy (non-hydrogen) atoms. The number of rotatable bonds is 0. The van der Waals surface area contributed by atoms with Gasteiger partial charge in [0.25, 0.3) is 0 Å². The van der Waals surface area contributed by atoms with Crippen LogP contribution < -0.4 is 0 Å². The van der Waals surface area contributed by atoms with E-state index in [9.17, 15) is 4.79 Å². The first kappa shape index (κ1) is 8.60. The van der Waals surface area contributed by atoms with E-state index in [1.54, 1.807) is 6.08 Å². The standard InChI is InChI=1S/C13H11NO/c15-12-7-3-6-11-13(12)10-5-2-1-4-9(10)8-14-11/h1-5,7,9H,6,8H2. The highest BCUT2D eigenvalue weighted by Crippen LogP contribution is 2.30. The highest BCUT2D eigenvalue weighted by Gasteiger charge is 2.28. The Labute approximate surface area is 88.4 Å². The molecule has 1 heterocycles. The molecule has 3 rings (SSSR count). The number of hydrogen-bond donors (Lipinski definition) is 0. The zero-order valence-corrected chi connectivity index (χ0v) is 8.31. The van der Waals surface area contributed by atoms with Crippen LogP contribution in [0.2, 0.25) is 0 Å². The summed E-state index contributed by atoms with van der Waals surface area (Å²) in [5.41, 5.74) is 2.96. The molecule has 2 aliphatic carbocycles. The van der Waals surface area contributed by atoms with E-state index < -0.39 is 0 Å². The van der Waals surface area contributed by atoms with Gasteiger partial charge in [0.2, 0.25) is 0 Å². The maximum absolute atomic E-state index is 11.8. The van der Waals surface area contributed by atoms with E-state index in [-0.39, 0.29) is 5.78 Å². The number of dihydropyridines is 1. The topological polar surface area (TPSA) is 29.4 Å². The van der Waals surface area contributed by atoms with Crippen molar-refractivity contribution in [1.29, 1.82) is 0 Å². The number of aliphatic imine (C=N–C) groups is 1. The van der Waals surface area contributed by atoms with E-state index in [0.717, 1.165) is 29.8 Å².